The Morgan fingerprint density at radius 2 is 2.07 bits per heavy atom. The van der Waals surface area contributed by atoms with Gasteiger partial charge >= 0.3 is 0 Å². The van der Waals surface area contributed by atoms with Gasteiger partial charge in [-0.15, -0.1) is 0 Å². The van der Waals surface area contributed by atoms with Crippen LogP contribution in [0.3, 0.4) is 0 Å². The Labute approximate surface area is 92.4 Å². The van der Waals surface area contributed by atoms with Crippen molar-refractivity contribution in [1.82, 2.24) is 4.98 Å². The van der Waals surface area contributed by atoms with Crippen LogP contribution in [0.25, 0.3) is 0 Å². The van der Waals surface area contributed by atoms with Crippen molar-refractivity contribution < 1.29 is 5.11 Å². The van der Waals surface area contributed by atoms with E-state index in [1.807, 2.05) is 19.1 Å². The SMILES string of the molecule is Cc1ncccc1C(O)CCC(C)(C)C. The van der Waals surface area contributed by atoms with Crippen LogP contribution in [-0.4, -0.2) is 10.1 Å². The van der Waals surface area contributed by atoms with Gasteiger partial charge in [0.1, 0.15) is 0 Å². The summed E-state index contributed by atoms with van der Waals surface area (Å²) in [5.74, 6) is 0. The first kappa shape index (κ1) is 12.2. The summed E-state index contributed by atoms with van der Waals surface area (Å²) in [4.78, 5) is 4.18. The quantitative estimate of drug-likeness (QED) is 0.825. The van der Waals surface area contributed by atoms with E-state index in [1.54, 1.807) is 6.20 Å². The van der Waals surface area contributed by atoms with E-state index in [0.717, 1.165) is 24.1 Å². The number of aryl methyl sites for hydroxylation is 1. The van der Waals surface area contributed by atoms with Gasteiger partial charge in [-0.2, -0.15) is 0 Å². The van der Waals surface area contributed by atoms with Crippen LogP contribution in [0.4, 0.5) is 0 Å². The van der Waals surface area contributed by atoms with Gasteiger partial charge in [0.15, 0.2) is 0 Å². The van der Waals surface area contributed by atoms with Crippen LogP contribution >= 0.6 is 0 Å². The molecule has 2 nitrogen and oxygen atoms in total. The summed E-state index contributed by atoms with van der Waals surface area (Å²) in [7, 11) is 0. The van der Waals surface area contributed by atoms with Crippen molar-refractivity contribution in [2.24, 2.45) is 5.41 Å². The highest BCUT2D eigenvalue weighted by atomic mass is 16.3. The van der Waals surface area contributed by atoms with E-state index in [1.165, 1.54) is 0 Å². The number of aromatic nitrogens is 1. The first-order chi connectivity index (χ1) is 6.90. The average Bonchev–Trinajstić information content (AvgIpc) is 2.14. The Kier molecular flexibility index (Phi) is 3.86. The molecule has 0 saturated carbocycles. The molecule has 1 N–H and O–H groups in total. The Balaban J connectivity index is 2.62. The van der Waals surface area contributed by atoms with Crippen LogP contribution in [0.5, 0.6) is 0 Å². The lowest BCUT2D eigenvalue weighted by molar-refractivity contribution is 0.146. The van der Waals surface area contributed by atoms with Crippen LogP contribution in [-0.2, 0) is 0 Å². The molecule has 0 aliphatic heterocycles. The fourth-order valence-corrected chi connectivity index (χ4v) is 1.57. The van der Waals surface area contributed by atoms with Gasteiger partial charge in [-0.1, -0.05) is 26.8 Å². The maximum Gasteiger partial charge on any atom is 0.0807 e. The summed E-state index contributed by atoms with van der Waals surface area (Å²) in [6.45, 7) is 8.51. The molecule has 2 heteroatoms. The van der Waals surface area contributed by atoms with Gasteiger partial charge < -0.3 is 5.11 Å². The summed E-state index contributed by atoms with van der Waals surface area (Å²) in [6.07, 6.45) is 3.20. The Bertz CT molecular complexity index is 315. The van der Waals surface area contributed by atoms with E-state index in [-0.39, 0.29) is 11.5 Å². The van der Waals surface area contributed by atoms with E-state index in [0.29, 0.717) is 0 Å². The molecule has 15 heavy (non-hydrogen) atoms. The Morgan fingerprint density at radius 1 is 1.40 bits per heavy atom. The van der Waals surface area contributed by atoms with Crippen LogP contribution in [0.15, 0.2) is 18.3 Å². The largest absolute Gasteiger partial charge is 0.388 e. The summed E-state index contributed by atoms with van der Waals surface area (Å²) in [5.41, 5.74) is 2.16. The van der Waals surface area contributed by atoms with Gasteiger partial charge in [0.25, 0.3) is 0 Å². The molecule has 1 unspecified atom stereocenters. The number of rotatable bonds is 3. The van der Waals surface area contributed by atoms with Crippen molar-refractivity contribution in [3.63, 3.8) is 0 Å². The predicted molar refractivity (Wildman–Crippen MR) is 62.6 cm³/mol. The fourth-order valence-electron chi connectivity index (χ4n) is 1.57. The molecule has 84 valence electrons. The average molecular weight is 207 g/mol. The molecule has 0 radical (unpaired) electrons. The maximum atomic E-state index is 10.0. The highest BCUT2D eigenvalue weighted by Crippen LogP contribution is 2.27. The van der Waals surface area contributed by atoms with Crippen molar-refractivity contribution in [2.45, 2.75) is 46.6 Å². The van der Waals surface area contributed by atoms with Gasteiger partial charge in [-0.3, -0.25) is 4.98 Å². The maximum absolute atomic E-state index is 10.0. The van der Waals surface area contributed by atoms with Crippen LogP contribution in [0, 0.1) is 12.3 Å². The predicted octanol–water partition coefficient (Wildman–Crippen LogP) is 3.25. The third kappa shape index (κ3) is 4.00. The first-order valence-corrected chi connectivity index (χ1v) is 5.50. The minimum absolute atomic E-state index is 0.275. The molecule has 1 atom stereocenters. The third-order valence-corrected chi connectivity index (χ3v) is 2.57. The zero-order valence-electron chi connectivity index (χ0n) is 10.1. The zero-order chi connectivity index (χ0) is 11.5. The van der Waals surface area contributed by atoms with Gasteiger partial charge in [-0.05, 0) is 31.2 Å². The lowest BCUT2D eigenvalue weighted by Gasteiger charge is -2.21. The number of hydrogen-bond donors (Lipinski definition) is 1. The van der Waals surface area contributed by atoms with Crippen molar-refractivity contribution in [3.8, 4) is 0 Å². The molecule has 1 rings (SSSR count). The lowest BCUT2D eigenvalue weighted by atomic mass is 9.88. The van der Waals surface area contributed by atoms with Crippen molar-refractivity contribution >= 4 is 0 Å². The Morgan fingerprint density at radius 3 is 2.60 bits per heavy atom. The number of pyridine rings is 1. The van der Waals surface area contributed by atoms with Crippen molar-refractivity contribution in [3.05, 3.63) is 29.6 Å². The minimum Gasteiger partial charge on any atom is -0.388 e. The van der Waals surface area contributed by atoms with Crippen LogP contribution in [0.2, 0.25) is 0 Å². The van der Waals surface area contributed by atoms with Gasteiger partial charge in [0.05, 0.1) is 6.10 Å². The van der Waals surface area contributed by atoms with E-state index in [4.69, 9.17) is 0 Å². The minimum atomic E-state index is -0.377. The van der Waals surface area contributed by atoms with E-state index in [2.05, 4.69) is 25.8 Å². The molecule has 1 heterocycles. The molecule has 0 bridgehead atoms. The summed E-state index contributed by atoms with van der Waals surface area (Å²) >= 11 is 0. The lowest BCUT2D eigenvalue weighted by Crippen LogP contribution is -2.09. The number of aliphatic hydroxyl groups is 1. The first-order valence-electron chi connectivity index (χ1n) is 5.50. The van der Waals surface area contributed by atoms with Crippen molar-refractivity contribution in [1.29, 1.82) is 0 Å². The highest BCUT2D eigenvalue weighted by Gasteiger charge is 2.16. The highest BCUT2D eigenvalue weighted by molar-refractivity contribution is 5.20. The molecule has 0 amide bonds. The van der Waals surface area contributed by atoms with Gasteiger partial charge in [-0.25, -0.2) is 0 Å². The van der Waals surface area contributed by atoms with Crippen LogP contribution in [0.1, 0.15) is 51.0 Å². The smallest absolute Gasteiger partial charge is 0.0807 e. The molecule has 0 spiro atoms. The molecular formula is C13H21NO. The van der Waals surface area contributed by atoms with E-state index >= 15 is 0 Å². The molecule has 0 fully saturated rings. The molecule has 1 aromatic heterocycles. The fraction of sp³-hybridized carbons (Fsp3) is 0.615. The summed E-state index contributed by atoms with van der Waals surface area (Å²) < 4.78 is 0. The monoisotopic (exact) mass is 207 g/mol. The second-order valence-electron chi connectivity index (χ2n) is 5.29. The number of nitrogens with zero attached hydrogens (tertiary/aromatic N) is 1. The van der Waals surface area contributed by atoms with Crippen LogP contribution < -0.4 is 0 Å². The third-order valence-electron chi connectivity index (χ3n) is 2.57. The van der Waals surface area contributed by atoms with Gasteiger partial charge in [0.2, 0.25) is 0 Å². The number of hydrogen-bond acceptors (Lipinski definition) is 2. The molecule has 0 aromatic carbocycles. The summed E-state index contributed by atoms with van der Waals surface area (Å²) in [5, 5.41) is 10.0. The zero-order valence-corrected chi connectivity index (χ0v) is 10.1. The summed E-state index contributed by atoms with van der Waals surface area (Å²) in [6, 6.07) is 3.83. The molecule has 0 aliphatic carbocycles. The topological polar surface area (TPSA) is 33.1 Å². The van der Waals surface area contributed by atoms with Crippen molar-refractivity contribution in [2.75, 3.05) is 0 Å². The van der Waals surface area contributed by atoms with E-state index in [9.17, 15) is 5.11 Å². The second kappa shape index (κ2) is 4.75. The normalized spacial score (nSPS) is 13.9. The molecule has 0 saturated heterocycles. The second-order valence-corrected chi connectivity index (χ2v) is 5.29. The Hall–Kier alpha value is -0.890. The van der Waals surface area contributed by atoms with Gasteiger partial charge in [0, 0.05) is 17.5 Å². The molecule has 1 aromatic rings. The van der Waals surface area contributed by atoms with E-state index < -0.39 is 0 Å². The molecule has 0 aliphatic rings. The number of aliphatic hydroxyl groups excluding tert-OH is 1. The molecular weight excluding hydrogens is 186 g/mol. The standard InChI is InChI=1S/C13H21NO/c1-10-11(6-5-9-14-10)12(15)7-8-13(2,3)4/h5-6,9,12,15H,7-8H2,1-4H3.